The maximum absolute atomic E-state index is 12.7. The van der Waals surface area contributed by atoms with Crippen LogP contribution in [0.2, 0.25) is 5.02 Å². The highest BCUT2D eigenvalue weighted by Gasteiger charge is 2.45. The lowest BCUT2D eigenvalue weighted by Crippen LogP contribution is -2.32. The summed E-state index contributed by atoms with van der Waals surface area (Å²) in [7, 11) is 1.53. The predicted molar refractivity (Wildman–Crippen MR) is 111 cm³/mol. The molecule has 0 unspecified atom stereocenters. The Balaban J connectivity index is 2.14. The number of amides is 1. The van der Waals surface area contributed by atoms with Crippen molar-refractivity contribution in [3.05, 3.63) is 73.8 Å². The Labute approximate surface area is 175 Å². The lowest BCUT2D eigenvalue weighted by Gasteiger charge is -2.25. The molecule has 1 fully saturated rings. The van der Waals surface area contributed by atoms with Crippen LogP contribution in [0.5, 0.6) is 0 Å². The van der Waals surface area contributed by atoms with Gasteiger partial charge in [0.1, 0.15) is 5.76 Å². The van der Waals surface area contributed by atoms with Crippen molar-refractivity contribution in [2.45, 2.75) is 6.04 Å². The van der Waals surface area contributed by atoms with Crippen LogP contribution >= 0.6 is 34.2 Å². The summed E-state index contributed by atoms with van der Waals surface area (Å²) in [4.78, 5) is 26.8. The summed E-state index contributed by atoms with van der Waals surface area (Å²) in [5.74, 6) is -1.57. The van der Waals surface area contributed by atoms with Gasteiger partial charge >= 0.3 is 0 Å². The SMILES string of the molecule is COCCN1C(=O)C(=O)/C(=C(/O)c2ccc(Cl)cc2)[C@H]1c1ccc(I)cc1. The van der Waals surface area contributed by atoms with Gasteiger partial charge in [0.15, 0.2) is 0 Å². The largest absolute Gasteiger partial charge is 0.507 e. The van der Waals surface area contributed by atoms with Gasteiger partial charge in [0.2, 0.25) is 0 Å². The molecule has 0 aliphatic carbocycles. The average Bonchev–Trinajstić information content (AvgIpc) is 2.91. The molecule has 0 bridgehead atoms. The summed E-state index contributed by atoms with van der Waals surface area (Å²) in [6, 6.07) is 13.3. The molecule has 5 nitrogen and oxygen atoms in total. The van der Waals surface area contributed by atoms with Crippen molar-refractivity contribution in [2.24, 2.45) is 0 Å². The Morgan fingerprint density at radius 3 is 2.37 bits per heavy atom. The van der Waals surface area contributed by atoms with Crippen LogP contribution < -0.4 is 0 Å². The molecule has 0 spiro atoms. The third-order valence-corrected chi connectivity index (χ3v) is 5.35. The molecule has 2 aromatic rings. The first-order valence-corrected chi connectivity index (χ1v) is 9.68. The summed E-state index contributed by atoms with van der Waals surface area (Å²) < 4.78 is 6.12. The number of hydrogen-bond donors (Lipinski definition) is 1. The molecule has 0 aromatic heterocycles. The van der Waals surface area contributed by atoms with Crippen LogP contribution in [0.3, 0.4) is 0 Å². The van der Waals surface area contributed by atoms with Crippen molar-refractivity contribution < 1.29 is 19.4 Å². The zero-order valence-electron chi connectivity index (χ0n) is 14.5. The highest BCUT2D eigenvalue weighted by atomic mass is 127. The number of benzene rings is 2. The minimum atomic E-state index is -0.706. The normalized spacial score (nSPS) is 18.9. The standard InChI is InChI=1S/C20H17ClINO4/c1-27-11-10-23-17(12-4-8-15(22)9-5-12)16(19(25)20(23)26)18(24)13-2-6-14(21)7-3-13/h2-9,17,24H,10-11H2,1H3/b18-16+/t17-/m1/s1. The Kier molecular flexibility index (Phi) is 6.18. The molecule has 1 aliphatic heterocycles. The van der Waals surface area contributed by atoms with Crippen LogP contribution in [0.1, 0.15) is 17.2 Å². The number of carbonyl (C=O) groups is 2. The second kappa shape index (κ2) is 8.41. The molecule has 1 saturated heterocycles. The third-order valence-electron chi connectivity index (χ3n) is 4.38. The van der Waals surface area contributed by atoms with E-state index in [4.69, 9.17) is 16.3 Å². The number of likely N-dealkylation sites (tertiary alicyclic amines) is 1. The summed E-state index contributed by atoms with van der Waals surface area (Å²) in [6.45, 7) is 0.532. The van der Waals surface area contributed by atoms with E-state index in [1.165, 1.54) is 12.0 Å². The van der Waals surface area contributed by atoms with Gasteiger partial charge in [0, 0.05) is 27.8 Å². The Hall–Kier alpha value is -1.90. The quantitative estimate of drug-likeness (QED) is 0.293. The molecule has 0 radical (unpaired) electrons. The minimum Gasteiger partial charge on any atom is -0.507 e. The van der Waals surface area contributed by atoms with E-state index in [1.807, 2.05) is 24.3 Å². The number of carbonyl (C=O) groups excluding carboxylic acids is 2. The molecule has 1 aliphatic rings. The minimum absolute atomic E-state index is 0.0691. The number of ether oxygens (including phenoxy) is 1. The van der Waals surface area contributed by atoms with Crippen LogP contribution in [0.25, 0.3) is 5.76 Å². The topological polar surface area (TPSA) is 66.8 Å². The first-order chi connectivity index (χ1) is 12.9. The molecule has 2 aromatic carbocycles. The molecular formula is C20H17ClINO4. The van der Waals surface area contributed by atoms with Crippen LogP contribution in [0.4, 0.5) is 0 Å². The van der Waals surface area contributed by atoms with Gasteiger partial charge in [0.05, 0.1) is 18.2 Å². The zero-order chi connectivity index (χ0) is 19.6. The van der Waals surface area contributed by atoms with Crippen molar-refractivity contribution in [3.63, 3.8) is 0 Å². The van der Waals surface area contributed by atoms with E-state index in [-0.39, 0.29) is 24.5 Å². The van der Waals surface area contributed by atoms with E-state index in [0.29, 0.717) is 10.6 Å². The maximum Gasteiger partial charge on any atom is 0.295 e. The van der Waals surface area contributed by atoms with Gasteiger partial charge in [-0.2, -0.15) is 0 Å². The smallest absolute Gasteiger partial charge is 0.295 e. The summed E-state index contributed by atoms with van der Waals surface area (Å²) in [6.07, 6.45) is 0. The third kappa shape index (κ3) is 4.02. The van der Waals surface area contributed by atoms with Crippen LogP contribution in [0, 0.1) is 3.57 Å². The van der Waals surface area contributed by atoms with E-state index in [1.54, 1.807) is 24.3 Å². The van der Waals surface area contributed by atoms with Crippen molar-refractivity contribution in [3.8, 4) is 0 Å². The fourth-order valence-corrected chi connectivity index (χ4v) is 3.54. The molecule has 1 heterocycles. The van der Waals surface area contributed by atoms with E-state index in [2.05, 4.69) is 22.6 Å². The first kappa shape index (κ1) is 19.9. The number of nitrogens with zero attached hydrogens (tertiary/aromatic N) is 1. The number of rotatable bonds is 5. The molecule has 3 rings (SSSR count). The second-order valence-electron chi connectivity index (χ2n) is 6.04. The maximum atomic E-state index is 12.7. The van der Waals surface area contributed by atoms with Gasteiger partial charge in [-0.25, -0.2) is 0 Å². The van der Waals surface area contributed by atoms with Crippen LogP contribution in [0.15, 0.2) is 54.1 Å². The summed E-state index contributed by atoms with van der Waals surface area (Å²) in [5, 5.41) is 11.3. The van der Waals surface area contributed by atoms with Crippen LogP contribution in [-0.4, -0.2) is 42.0 Å². The molecular weight excluding hydrogens is 481 g/mol. The average molecular weight is 498 g/mol. The van der Waals surface area contributed by atoms with E-state index in [0.717, 1.165) is 9.13 Å². The van der Waals surface area contributed by atoms with Crippen LogP contribution in [-0.2, 0) is 14.3 Å². The Morgan fingerprint density at radius 1 is 1.15 bits per heavy atom. The summed E-state index contributed by atoms with van der Waals surface area (Å²) in [5.41, 5.74) is 1.25. The highest BCUT2D eigenvalue weighted by Crippen LogP contribution is 2.39. The number of aliphatic hydroxyl groups excluding tert-OH is 1. The monoisotopic (exact) mass is 497 g/mol. The zero-order valence-corrected chi connectivity index (χ0v) is 17.4. The second-order valence-corrected chi connectivity index (χ2v) is 7.73. The number of halogens is 2. The van der Waals surface area contributed by atoms with Gasteiger partial charge in [0.25, 0.3) is 11.7 Å². The molecule has 140 valence electrons. The Morgan fingerprint density at radius 2 is 1.78 bits per heavy atom. The molecule has 27 heavy (non-hydrogen) atoms. The van der Waals surface area contributed by atoms with E-state index >= 15 is 0 Å². The van der Waals surface area contributed by atoms with Gasteiger partial charge in [-0.3, -0.25) is 9.59 Å². The molecule has 1 atom stereocenters. The van der Waals surface area contributed by atoms with E-state index in [9.17, 15) is 14.7 Å². The number of Topliss-reactive ketones (excluding diaryl/α,β-unsaturated/α-hetero) is 1. The van der Waals surface area contributed by atoms with Crippen molar-refractivity contribution in [1.29, 1.82) is 0 Å². The molecule has 0 saturated carbocycles. The lowest BCUT2D eigenvalue weighted by atomic mass is 9.95. The van der Waals surface area contributed by atoms with Gasteiger partial charge in [-0.1, -0.05) is 23.7 Å². The number of ketones is 1. The van der Waals surface area contributed by atoms with Gasteiger partial charge in [-0.15, -0.1) is 0 Å². The molecule has 1 N–H and O–H groups in total. The van der Waals surface area contributed by atoms with Crippen molar-refractivity contribution >= 4 is 51.6 Å². The first-order valence-electron chi connectivity index (χ1n) is 8.22. The number of hydrogen-bond acceptors (Lipinski definition) is 4. The van der Waals surface area contributed by atoms with E-state index < -0.39 is 17.7 Å². The van der Waals surface area contributed by atoms with Crippen molar-refractivity contribution in [2.75, 3.05) is 20.3 Å². The Bertz CT molecular complexity index is 893. The molecule has 1 amide bonds. The number of methoxy groups -OCH3 is 1. The highest BCUT2D eigenvalue weighted by molar-refractivity contribution is 14.1. The van der Waals surface area contributed by atoms with Gasteiger partial charge in [-0.05, 0) is 64.6 Å². The fraction of sp³-hybridized carbons (Fsp3) is 0.200. The van der Waals surface area contributed by atoms with Crippen molar-refractivity contribution in [1.82, 2.24) is 4.90 Å². The predicted octanol–water partition coefficient (Wildman–Crippen LogP) is 4.01. The lowest BCUT2D eigenvalue weighted by molar-refractivity contribution is -0.140. The molecule has 7 heteroatoms. The van der Waals surface area contributed by atoms with Gasteiger partial charge < -0.3 is 14.7 Å². The number of aliphatic hydroxyl groups is 1. The summed E-state index contributed by atoms with van der Waals surface area (Å²) >= 11 is 8.09. The fourth-order valence-electron chi connectivity index (χ4n) is 3.06.